The Morgan fingerprint density at radius 2 is 1.66 bits per heavy atom. The third-order valence-corrected chi connectivity index (χ3v) is 6.56. The molecule has 0 aromatic heterocycles. The van der Waals surface area contributed by atoms with Crippen LogP contribution in [0.1, 0.15) is 20.7 Å². The minimum absolute atomic E-state index is 0.0337. The SMILES string of the molecule is O=C1c2ccc([N+](=O)[O-])cc2C(=O)N1CC(=O)N1c2ccccc2Sc2ccc(Cl)cc21. The fourth-order valence-corrected chi connectivity index (χ4v) is 4.94. The minimum Gasteiger partial charge on any atom is -0.277 e. The highest BCUT2D eigenvalue weighted by molar-refractivity contribution is 7.99. The maximum absolute atomic E-state index is 13.4. The first-order valence-corrected chi connectivity index (χ1v) is 10.6. The van der Waals surface area contributed by atoms with Gasteiger partial charge in [0, 0.05) is 26.9 Å². The van der Waals surface area contributed by atoms with Gasteiger partial charge in [-0.1, -0.05) is 35.5 Å². The molecule has 2 aliphatic heterocycles. The lowest BCUT2D eigenvalue weighted by Gasteiger charge is -2.32. The largest absolute Gasteiger partial charge is 0.277 e. The lowest BCUT2D eigenvalue weighted by molar-refractivity contribution is -0.384. The quantitative estimate of drug-likeness (QED) is 0.316. The molecular weight excluding hydrogens is 454 g/mol. The van der Waals surface area contributed by atoms with Crippen LogP contribution in [0.2, 0.25) is 5.02 Å². The van der Waals surface area contributed by atoms with Crippen molar-refractivity contribution < 1.29 is 19.3 Å². The molecule has 0 bridgehead atoms. The summed E-state index contributed by atoms with van der Waals surface area (Å²) in [6, 6.07) is 15.9. The number of carbonyl (C=O) groups is 3. The summed E-state index contributed by atoms with van der Waals surface area (Å²) in [7, 11) is 0. The van der Waals surface area contributed by atoms with E-state index in [1.54, 1.807) is 30.3 Å². The zero-order chi connectivity index (χ0) is 22.6. The van der Waals surface area contributed by atoms with Crippen LogP contribution >= 0.6 is 23.4 Å². The summed E-state index contributed by atoms with van der Waals surface area (Å²) < 4.78 is 0. The highest BCUT2D eigenvalue weighted by Crippen LogP contribution is 2.48. The summed E-state index contributed by atoms with van der Waals surface area (Å²) in [6.45, 7) is -0.523. The number of amides is 3. The number of carbonyl (C=O) groups excluding carboxylic acids is 3. The molecule has 3 aromatic rings. The fourth-order valence-electron chi connectivity index (χ4n) is 3.74. The number of nitro groups is 1. The summed E-state index contributed by atoms with van der Waals surface area (Å²) in [4.78, 5) is 53.3. The summed E-state index contributed by atoms with van der Waals surface area (Å²) in [5.41, 5.74) is 0.813. The lowest BCUT2D eigenvalue weighted by atomic mass is 10.1. The van der Waals surface area contributed by atoms with Crippen molar-refractivity contribution in [3.63, 3.8) is 0 Å². The molecular formula is C22H12ClN3O5S. The van der Waals surface area contributed by atoms with Crippen LogP contribution in [0.15, 0.2) is 70.5 Å². The Labute approximate surface area is 190 Å². The average Bonchev–Trinajstić information content (AvgIpc) is 3.01. The molecule has 32 heavy (non-hydrogen) atoms. The fraction of sp³-hybridized carbons (Fsp3) is 0.0455. The molecule has 0 fully saturated rings. The molecule has 3 amide bonds. The Morgan fingerprint density at radius 3 is 2.44 bits per heavy atom. The number of hydrogen-bond acceptors (Lipinski definition) is 6. The van der Waals surface area contributed by atoms with E-state index in [1.807, 2.05) is 12.1 Å². The van der Waals surface area contributed by atoms with Gasteiger partial charge in [-0.15, -0.1) is 0 Å². The lowest BCUT2D eigenvalue weighted by Crippen LogP contribution is -2.41. The molecule has 0 N–H and O–H groups in total. The summed E-state index contributed by atoms with van der Waals surface area (Å²) >= 11 is 7.66. The van der Waals surface area contributed by atoms with Crippen LogP contribution in [0.5, 0.6) is 0 Å². The van der Waals surface area contributed by atoms with E-state index in [0.717, 1.165) is 26.8 Å². The number of non-ortho nitro benzene ring substituents is 1. The third kappa shape index (κ3) is 3.14. The zero-order valence-corrected chi connectivity index (χ0v) is 17.7. The molecule has 0 aliphatic carbocycles. The first kappa shape index (κ1) is 20.2. The van der Waals surface area contributed by atoms with Crippen molar-refractivity contribution in [2.24, 2.45) is 0 Å². The van der Waals surface area contributed by atoms with E-state index < -0.39 is 29.2 Å². The molecule has 8 nitrogen and oxygen atoms in total. The molecule has 0 saturated carbocycles. The van der Waals surface area contributed by atoms with E-state index in [2.05, 4.69) is 0 Å². The van der Waals surface area contributed by atoms with Crippen LogP contribution < -0.4 is 4.90 Å². The van der Waals surface area contributed by atoms with Gasteiger partial charge in [0.2, 0.25) is 0 Å². The second-order valence-electron chi connectivity index (χ2n) is 7.09. The number of nitrogens with zero attached hydrogens (tertiary/aromatic N) is 3. The van der Waals surface area contributed by atoms with Gasteiger partial charge in [0.05, 0.1) is 27.4 Å². The van der Waals surface area contributed by atoms with Crippen molar-refractivity contribution in [2.45, 2.75) is 9.79 Å². The molecule has 2 heterocycles. The summed E-state index contributed by atoms with van der Waals surface area (Å²) in [5.74, 6) is -1.92. The molecule has 0 unspecified atom stereocenters. The van der Waals surface area contributed by atoms with Crippen molar-refractivity contribution in [3.05, 3.63) is 86.9 Å². The molecule has 10 heteroatoms. The molecule has 0 radical (unpaired) electrons. The van der Waals surface area contributed by atoms with Gasteiger partial charge >= 0.3 is 0 Å². The van der Waals surface area contributed by atoms with Crippen molar-refractivity contribution in [1.82, 2.24) is 4.90 Å². The third-order valence-electron chi connectivity index (χ3n) is 5.20. The number of hydrogen-bond donors (Lipinski definition) is 0. The number of halogens is 1. The summed E-state index contributed by atoms with van der Waals surface area (Å²) in [6.07, 6.45) is 0. The predicted molar refractivity (Wildman–Crippen MR) is 118 cm³/mol. The van der Waals surface area contributed by atoms with E-state index in [0.29, 0.717) is 16.4 Å². The van der Waals surface area contributed by atoms with Crippen molar-refractivity contribution in [3.8, 4) is 0 Å². The number of benzene rings is 3. The second kappa shape index (κ2) is 7.47. The van der Waals surface area contributed by atoms with Crippen LogP contribution in [-0.2, 0) is 4.79 Å². The first-order valence-electron chi connectivity index (χ1n) is 9.39. The molecule has 0 saturated heterocycles. The highest BCUT2D eigenvalue weighted by atomic mass is 35.5. The number of anilines is 2. The van der Waals surface area contributed by atoms with Crippen molar-refractivity contribution >= 4 is 58.1 Å². The Kier molecular flexibility index (Phi) is 4.72. The van der Waals surface area contributed by atoms with Gasteiger partial charge in [-0.3, -0.25) is 34.3 Å². The van der Waals surface area contributed by atoms with Crippen molar-refractivity contribution in [2.75, 3.05) is 11.4 Å². The molecule has 158 valence electrons. The number of nitro benzene ring substituents is 1. The Balaban J connectivity index is 1.51. The van der Waals surface area contributed by atoms with Gasteiger partial charge in [0.25, 0.3) is 23.4 Å². The van der Waals surface area contributed by atoms with Crippen molar-refractivity contribution in [1.29, 1.82) is 0 Å². The highest BCUT2D eigenvalue weighted by Gasteiger charge is 2.39. The monoisotopic (exact) mass is 465 g/mol. The minimum atomic E-state index is -0.743. The maximum Gasteiger partial charge on any atom is 0.270 e. The van der Waals surface area contributed by atoms with Gasteiger partial charge in [0.1, 0.15) is 6.54 Å². The molecule has 0 atom stereocenters. The predicted octanol–water partition coefficient (Wildman–Crippen LogP) is 4.67. The Hall–Kier alpha value is -3.69. The Bertz CT molecular complexity index is 1360. The molecule has 3 aromatic carbocycles. The van der Waals surface area contributed by atoms with Gasteiger partial charge in [0.15, 0.2) is 0 Å². The zero-order valence-electron chi connectivity index (χ0n) is 16.1. The number of fused-ring (bicyclic) bond motifs is 3. The average molecular weight is 466 g/mol. The first-order chi connectivity index (χ1) is 15.3. The van der Waals surface area contributed by atoms with E-state index >= 15 is 0 Å². The van der Waals surface area contributed by atoms with Crippen LogP contribution in [0, 0.1) is 10.1 Å². The van der Waals surface area contributed by atoms with E-state index in [-0.39, 0.29) is 16.8 Å². The van der Waals surface area contributed by atoms with Crippen LogP contribution in [0.25, 0.3) is 0 Å². The van der Waals surface area contributed by atoms with Gasteiger partial charge in [-0.25, -0.2) is 0 Å². The normalized spacial score (nSPS) is 14.2. The van der Waals surface area contributed by atoms with E-state index in [1.165, 1.54) is 22.7 Å². The number of rotatable bonds is 3. The van der Waals surface area contributed by atoms with Gasteiger partial charge in [-0.2, -0.15) is 0 Å². The van der Waals surface area contributed by atoms with Crippen LogP contribution in [-0.4, -0.2) is 34.1 Å². The molecule has 5 rings (SSSR count). The topological polar surface area (TPSA) is 101 Å². The van der Waals surface area contributed by atoms with Gasteiger partial charge in [-0.05, 0) is 36.4 Å². The van der Waals surface area contributed by atoms with Gasteiger partial charge < -0.3 is 0 Å². The summed E-state index contributed by atoms with van der Waals surface area (Å²) in [5, 5.41) is 11.5. The Morgan fingerprint density at radius 1 is 0.938 bits per heavy atom. The maximum atomic E-state index is 13.4. The standard InChI is InChI=1S/C22H12ClN3O5S/c23-12-5-8-19-17(9-12)25(16-3-1-2-4-18(16)32-19)20(27)11-24-21(28)14-7-6-13(26(30)31)10-15(14)22(24)29/h1-10H,11H2. The smallest absolute Gasteiger partial charge is 0.270 e. The van der Waals surface area contributed by atoms with E-state index in [4.69, 9.17) is 11.6 Å². The number of para-hydroxylation sites is 1. The number of imide groups is 1. The molecule has 2 aliphatic rings. The molecule has 0 spiro atoms. The van der Waals surface area contributed by atoms with E-state index in [9.17, 15) is 24.5 Å². The second-order valence-corrected chi connectivity index (χ2v) is 8.61. The van der Waals surface area contributed by atoms with Crippen LogP contribution in [0.4, 0.5) is 17.1 Å². The van der Waals surface area contributed by atoms with Crippen LogP contribution in [0.3, 0.4) is 0 Å².